The summed E-state index contributed by atoms with van der Waals surface area (Å²) in [5.74, 6) is 0.669. The number of carbonyl (C=O) groups excluding carboxylic acids is 1. The van der Waals surface area contributed by atoms with Gasteiger partial charge < -0.3 is 20.1 Å². The molecule has 2 saturated heterocycles. The molecule has 5 rings (SSSR count). The number of pyridine rings is 1. The maximum Gasteiger partial charge on any atom is 0.255 e. The fourth-order valence-electron chi connectivity index (χ4n) is 4.02. The number of hydrogen-bond donors (Lipinski definition) is 2. The predicted octanol–water partition coefficient (Wildman–Crippen LogP) is 4.02. The first-order valence-electron chi connectivity index (χ1n) is 10.6. The van der Waals surface area contributed by atoms with E-state index in [1.165, 1.54) is 22.7 Å². The van der Waals surface area contributed by atoms with Crippen molar-refractivity contribution in [1.82, 2.24) is 19.9 Å². The van der Waals surface area contributed by atoms with Gasteiger partial charge in [0, 0.05) is 30.1 Å². The fourth-order valence-corrected chi connectivity index (χ4v) is 5.77. The Morgan fingerprint density at radius 1 is 1.28 bits per heavy atom. The highest BCUT2D eigenvalue weighted by atomic mass is 32.1. The monoisotopic (exact) mass is 471 g/mol. The Morgan fingerprint density at radius 2 is 2.06 bits per heavy atom. The summed E-state index contributed by atoms with van der Waals surface area (Å²) in [5, 5.41) is 16.3. The quantitative estimate of drug-likeness (QED) is 0.580. The Bertz CT molecular complexity index is 1110. The molecule has 2 aliphatic rings. The number of nitrogens with one attached hydrogen (secondary N) is 1. The molecular weight excluding hydrogens is 446 g/mol. The van der Waals surface area contributed by atoms with Gasteiger partial charge in [-0.05, 0) is 38.8 Å². The second-order valence-corrected chi connectivity index (χ2v) is 10.4. The molecule has 0 saturated carbocycles. The summed E-state index contributed by atoms with van der Waals surface area (Å²) in [7, 11) is 0. The van der Waals surface area contributed by atoms with Crippen LogP contribution in [0.2, 0.25) is 0 Å². The number of aromatic nitrogens is 3. The summed E-state index contributed by atoms with van der Waals surface area (Å²) in [6.07, 6.45) is 3.05. The van der Waals surface area contributed by atoms with Crippen LogP contribution < -0.4 is 5.32 Å². The molecule has 168 valence electrons. The molecule has 1 spiro atoms. The molecule has 1 atom stereocenters. The van der Waals surface area contributed by atoms with Crippen molar-refractivity contribution in [3.63, 3.8) is 0 Å². The Labute approximate surface area is 194 Å². The van der Waals surface area contributed by atoms with Gasteiger partial charge in [-0.1, -0.05) is 0 Å². The third-order valence-electron chi connectivity index (χ3n) is 6.08. The molecule has 5 heterocycles. The van der Waals surface area contributed by atoms with Crippen LogP contribution in [0, 0.1) is 12.3 Å². The number of anilines is 2. The van der Waals surface area contributed by atoms with Crippen LogP contribution in [0.1, 0.15) is 46.9 Å². The van der Waals surface area contributed by atoms with E-state index < -0.39 is 6.10 Å². The lowest BCUT2D eigenvalue weighted by Crippen LogP contribution is -2.52. The van der Waals surface area contributed by atoms with E-state index in [2.05, 4.69) is 20.3 Å². The van der Waals surface area contributed by atoms with Crippen LogP contribution in [0.5, 0.6) is 0 Å². The summed E-state index contributed by atoms with van der Waals surface area (Å²) in [5.41, 5.74) is 2.59. The highest BCUT2D eigenvalue weighted by Crippen LogP contribution is 2.38. The number of rotatable bonds is 5. The maximum absolute atomic E-state index is 12.8. The minimum absolute atomic E-state index is 0.0327. The number of aryl methyl sites for hydroxylation is 1. The van der Waals surface area contributed by atoms with E-state index in [4.69, 9.17) is 4.74 Å². The molecule has 3 aromatic heterocycles. The Kier molecular flexibility index (Phi) is 5.70. The van der Waals surface area contributed by atoms with Crippen molar-refractivity contribution in [2.75, 3.05) is 31.6 Å². The van der Waals surface area contributed by atoms with Crippen molar-refractivity contribution in [2.24, 2.45) is 5.41 Å². The van der Waals surface area contributed by atoms with Crippen molar-refractivity contribution in [1.29, 1.82) is 0 Å². The molecule has 0 aromatic carbocycles. The van der Waals surface area contributed by atoms with E-state index in [-0.39, 0.29) is 5.91 Å². The van der Waals surface area contributed by atoms with Crippen LogP contribution in [0.4, 0.5) is 10.9 Å². The lowest BCUT2D eigenvalue weighted by Gasteiger charge is -2.47. The largest absolute Gasteiger partial charge is 0.386 e. The fraction of sp³-hybridized carbons (Fsp3) is 0.455. The molecule has 1 amide bonds. The lowest BCUT2D eigenvalue weighted by atomic mass is 9.77. The first-order valence-corrected chi connectivity index (χ1v) is 12.3. The molecule has 0 radical (unpaired) electrons. The van der Waals surface area contributed by atoms with Crippen molar-refractivity contribution < 1.29 is 14.6 Å². The molecule has 10 heteroatoms. The minimum atomic E-state index is -0.590. The number of ether oxygens (including phenoxy) is 1. The van der Waals surface area contributed by atoms with Crippen molar-refractivity contribution in [3.05, 3.63) is 40.0 Å². The molecule has 8 nitrogen and oxygen atoms in total. The highest BCUT2D eigenvalue weighted by Gasteiger charge is 2.42. The first kappa shape index (κ1) is 21.4. The van der Waals surface area contributed by atoms with Gasteiger partial charge in [0.05, 0.1) is 35.0 Å². The zero-order valence-corrected chi connectivity index (χ0v) is 19.6. The molecule has 32 heavy (non-hydrogen) atoms. The molecule has 3 aromatic rings. The maximum atomic E-state index is 12.8. The Hall–Kier alpha value is -2.40. The average molecular weight is 472 g/mol. The van der Waals surface area contributed by atoms with E-state index in [0.29, 0.717) is 26.9 Å². The third-order valence-corrected chi connectivity index (χ3v) is 8.19. The van der Waals surface area contributed by atoms with Gasteiger partial charge in [-0.15, -0.1) is 22.7 Å². The number of aliphatic hydroxyl groups is 1. The summed E-state index contributed by atoms with van der Waals surface area (Å²) in [6.45, 7) is 6.85. The van der Waals surface area contributed by atoms with Crippen LogP contribution in [0.3, 0.4) is 0 Å². The molecule has 2 N–H and O–H groups in total. The molecule has 2 fully saturated rings. The number of piperidine rings is 1. The van der Waals surface area contributed by atoms with Gasteiger partial charge in [-0.2, -0.15) is 0 Å². The average Bonchev–Trinajstić information content (AvgIpc) is 3.39. The zero-order chi connectivity index (χ0) is 22.3. The van der Waals surface area contributed by atoms with Crippen molar-refractivity contribution >= 4 is 39.5 Å². The van der Waals surface area contributed by atoms with Crippen LogP contribution in [0.15, 0.2) is 23.7 Å². The van der Waals surface area contributed by atoms with Gasteiger partial charge in [0.15, 0.2) is 5.13 Å². The van der Waals surface area contributed by atoms with Gasteiger partial charge in [-0.3, -0.25) is 4.79 Å². The standard InChI is InChI=1S/C22H25N5O3S2/c1-13-18(32-19(24-13)14(2)28)16-10-31-21(25-16)26-17-4-3-15(9-23-17)20(29)27-7-5-22(6-8-27)11-30-12-22/h3-4,9-10,14,28H,5-8,11-12H2,1-2H3,(H,23,25,26)/t14-/m0/s1. The van der Waals surface area contributed by atoms with Crippen LogP contribution >= 0.6 is 22.7 Å². The molecule has 0 unspecified atom stereocenters. The van der Waals surface area contributed by atoms with E-state index in [0.717, 1.165) is 55.4 Å². The van der Waals surface area contributed by atoms with Gasteiger partial charge in [0.1, 0.15) is 16.9 Å². The predicted molar refractivity (Wildman–Crippen MR) is 125 cm³/mol. The SMILES string of the molecule is Cc1nc([C@H](C)O)sc1-c1csc(Nc2ccc(C(=O)N3CCC4(CC3)COC4)cn2)n1. The van der Waals surface area contributed by atoms with Gasteiger partial charge in [0.2, 0.25) is 0 Å². The van der Waals surface area contributed by atoms with Crippen molar-refractivity contribution in [2.45, 2.75) is 32.8 Å². The number of nitrogens with zero attached hydrogens (tertiary/aromatic N) is 4. The van der Waals surface area contributed by atoms with Gasteiger partial charge in [-0.25, -0.2) is 15.0 Å². The topological polar surface area (TPSA) is 100 Å². The number of likely N-dealkylation sites (tertiary alicyclic amines) is 1. The summed E-state index contributed by atoms with van der Waals surface area (Å²) < 4.78 is 5.36. The summed E-state index contributed by atoms with van der Waals surface area (Å²) >= 11 is 2.93. The van der Waals surface area contributed by atoms with Crippen LogP contribution in [0.25, 0.3) is 10.6 Å². The van der Waals surface area contributed by atoms with Gasteiger partial charge >= 0.3 is 0 Å². The minimum Gasteiger partial charge on any atom is -0.386 e. The molecule has 2 aliphatic heterocycles. The van der Waals surface area contributed by atoms with Crippen LogP contribution in [-0.2, 0) is 4.74 Å². The van der Waals surface area contributed by atoms with E-state index >= 15 is 0 Å². The molecule has 0 bridgehead atoms. The lowest BCUT2D eigenvalue weighted by molar-refractivity contribution is -0.136. The summed E-state index contributed by atoms with van der Waals surface area (Å²) in [4.78, 5) is 29.2. The first-order chi connectivity index (χ1) is 15.4. The number of amides is 1. The van der Waals surface area contributed by atoms with E-state index in [9.17, 15) is 9.90 Å². The highest BCUT2D eigenvalue weighted by molar-refractivity contribution is 7.17. The van der Waals surface area contributed by atoms with E-state index in [1.54, 1.807) is 13.1 Å². The van der Waals surface area contributed by atoms with E-state index in [1.807, 2.05) is 29.3 Å². The molecular formula is C22H25N5O3S2. The normalized spacial score (nSPS) is 18.4. The number of hydrogen-bond acceptors (Lipinski definition) is 9. The molecule has 0 aliphatic carbocycles. The number of carbonyl (C=O) groups is 1. The smallest absolute Gasteiger partial charge is 0.255 e. The second kappa shape index (κ2) is 8.51. The Morgan fingerprint density at radius 3 is 2.66 bits per heavy atom. The van der Waals surface area contributed by atoms with Crippen molar-refractivity contribution in [3.8, 4) is 10.6 Å². The summed E-state index contributed by atoms with van der Waals surface area (Å²) in [6, 6.07) is 3.62. The number of aliphatic hydroxyl groups excluding tert-OH is 1. The second-order valence-electron chi connectivity index (χ2n) is 8.52. The van der Waals surface area contributed by atoms with Crippen LogP contribution in [-0.4, -0.2) is 57.2 Å². The van der Waals surface area contributed by atoms with Gasteiger partial charge in [0.25, 0.3) is 5.91 Å². The zero-order valence-electron chi connectivity index (χ0n) is 18.0. The number of thiazole rings is 2. The Balaban J connectivity index is 1.22. The third kappa shape index (κ3) is 4.15.